The van der Waals surface area contributed by atoms with Gasteiger partial charge >= 0.3 is 0 Å². The molecule has 1 aromatic rings. The van der Waals surface area contributed by atoms with E-state index in [-0.39, 0.29) is 6.61 Å². The molecule has 94 valence electrons. The van der Waals surface area contributed by atoms with Gasteiger partial charge in [0.1, 0.15) is 0 Å². The zero-order valence-electron chi connectivity index (χ0n) is 11.6. The Hall–Kier alpha value is -0.820. The molecule has 0 amide bonds. The molecule has 1 nitrogen and oxygen atoms in total. The van der Waals surface area contributed by atoms with Gasteiger partial charge < -0.3 is 5.11 Å². The molecule has 0 atom stereocenters. The monoisotopic (exact) mass is 224 g/mol. The second-order valence-electron chi connectivity index (χ2n) is 3.00. The second-order valence-corrected chi connectivity index (χ2v) is 3.00. The minimum Gasteiger partial charge on any atom is -0.396 e. The van der Waals surface area contributed by atoms with Crippen molar-refractivity contribution in [1.82, 2.24) is 0 Å². The average molecular weight is 224 g/mol. The molecule has 0 aliphatic carbocycles. The normalized spacial score (nSPS) is 8.38. The van der Waals surface area contributed by atoms with Crippen molar-refractivity contribution in [2.24, 2.45) is 0 Å². The maximum Gasteiger partial charge on any atom is 0.0434 e. The summed E-state index contributed by atoms with van der Waals surface area (Å²) in [5.41, 5.74) is 2.70. The molecule has 0 fully saturated rings. The lowest BCUT2D eigenvalue weighted by Gasteiger charge is -2.00. The van der Waals surface area contributed by atoms with Crippen LogP contribution < -0.4 is 0 Å². The number of hydrogen-bond acceptors (Lipinski definition) is 1. The Kier molecular flexibility index (Phi) is 15.6. The summed E-state index contributed by atoms with van der Waals surface area (Å²) in [5, 5.41) is 8.63. The first-order chi connectivity index (χ1) is 7.86. The fourth-order valence-electron chi connectivity index (χ4n) is 1.22. The van der Waals surface area contributed by atoms with Gasteiger partial charge in [0, 0.05) is 6.61 Å². The van der Waals surface area contributed by atoms with Crippen LogP contribution in [-0.2, 0) is 12.8 Å². The first-order valence-corrected chi connectivity index (χ1v) is 6.55. The van der Waals surface area contributed by atoms with E-state index in [9.17, 15) is 0 Å². The number of benzene rings is 1. The highest BCUT2D eigenvalue weighted by Gasteiger charge is 1.92. The van der Waals surface area contributed by atoms with E-state index in [2.05, 4.69) is 31.2 Å². The molecule has 0 spiro atoms. The summed E-state index contributed by atoms with van der Waals surface area (Å²) in [7, 11) is 0. The Morgan fingerprint density at radius 2 is 1.31 bits per heavy atom. The van der Waals surface area contributed by atoms with Crippen molar-refractivity contribution in [3.63, 3.8) is 0 Å². The Morgan fingerprint density at radius 3 is 1.69 bits per heavy atom. The summed E-state index contributed by atoms with van der Waals surface area (Å²) in [4.78, 5) is 0. The maximum atomic E-state index is 8.63. The molecule has 1 N–H and O–H groups in total. The third-order valence-corrected chi connectivity index (χ3v) is 2.05. The zero-order valence-corrected chi connectivity index (χ0v) is 11.6. The number of aryl methyl sites for hydroxylation is 2. The summed E-state index contributed by atoms with van der Waals surface area (Å²) >= 11 is 0. The Morgan fingerprint density at radius 1 is 0.875 bits per heavy atom. The van der Waals surface area contributed by atoms with Gasteiger partial charge in [0.25, 0.3) is 0 Å². The lowest BCUT2D eigenvalue weighted by molar-refractivity contribution is 0.288. The summed E-state index contributed by atoms with van der Waals surface area (Å²) in [5.74, 6) is 0. The molecule has 0 aliphatic rings. The molecule has 0 aliphatic heterocycles. The Balaban J connectivity index is 0. The van der Waals surface area contributed by atoms with Crippen LogP contribution in [0.1, 0.15) is 52.2 Å². The van der Waals surface area contributed by atoms with Crippen LogP contribution in [0.15, 0.2) is 24.3 Å². The Bertz CT molecular complexity index is 213. The van der Waals surface area contributed by atoms with Gasteiger partial charge in [-0.25, -0.2) is 0 Å². The lowest BCUT2D eigenvalue weighted by Crippen LogP contribution is -1.89. The molecule has 0 heterocycles. The third-order valence-electron chi connectivity index (χ3n) is 2.05. The van der Waals surface area contributed by atoms with Crippen molar-refractivity contribution in [2.45, 2.75) is 53.9 Å². The van der Waals surface area contributed by atoms with Crippen molar-refractivity contribution in [2.75, 3.05) is 6.61 Å². The van der Waals surface area contributed by atoms with Gasteiger partial charge in [0.05, 0.1) is 0 Å². The van der Waals surface area contributed by atoms with Crippen LogP contribution in [-0.4, -0.2) is 11.7 Å². The SMILES string of the molecule is CC.CC.CCc1ccc(CCCO)cc1. The summed E-state index contributed by atoms with van der Waals surface area (Å²) in [6, 6.07) is 8.61. The van der Waals surface area contributed by atoms with Gasteiger partial charge in [-0.2, -0.15) is 0 Å². The van der Waals surface area contributed by atoms with E-state index in [0.29, 0.717) is 0 Å². The van der Waals surface area contributed by atoms with Crippen LogP contribution >= 0.6 is 0 Å². The topological polar surface area (TPSA) is 20.2 Å². The van der Waals surface area contributed by atoms with E-state index in [4.69, 9.17) is 5.11 Å². The minimum absolute atomic E-state index is 0.287. The van der Waals surface area contributed by atoms with Crippen molar-refractivity contribution in [1.29, 1.82) is 0 Å². The molecule has 0 unspecified atom stereocenters. The van der Waals surface area contributed by atoms with Crippen molar-refractivity contribution >= 4 is 0 Å². The first kappa shape index (κ1) is 17.6. The summed E-state index contributed by atoms with van der Waals surface area (Å²) < 4.78 is 0. The van der Waals surface area contributed by atoms with Crippen molar-refractivity contribution in [3.8, 4) is 0 Å². The van der Waals surface area contributed by atoms with Crippen molar-refractivity contribution in [3.05, 3.63) is 35.4 Å². The molecule has 1 rings (SSSR count). The quantitative estimate of drug-likeness (QED) is 0.811. The standard InChI is InChI=1S/C11H16O.2C2H6/c1-2-10-5-7-11(8-6-10)4-3-9-12;2*1-2/h5-8,12H,2-4,9H2,1H3;2*1-2H3. The molecular formula is C15H28O. The molecule has 1 aromatic carbocycles. The van der Waals surface area contributed by atoms with Gasteiger partial charge in [0.2, 0.25) is 0 Å². The van der Waals surface area contributed by atoms with Crippen LogP contribution in [0, 0.1) is 0 Å². The van der Waals surface area contributed by atoms with Gasteiger partial charge in [0.15, 0.2) is 0 Å². The predicted octanol–water partition coefficient (Wildman–Crippen LogP) is 4.23. The maximum absolute atomic E-state index is 8.63. The van der Waals surface area contributed by atoms with Crippen molar-refractivity contribution < 1.29 is 5.11 Å². The van der Waals surface area contributed by atoms with Gasteiger partial charge in [-0.1, -0.05) is 58.9 Å². The van der Waals surface area contributed by atoms with E-state index >= 15 is 0 Å². The highest BCUT2D eigenvalue weighted by molar-refractivity contribution is 5.22. The molecule has 0 saturated carbocycles. The highest BCUT2D eigenvalue weighted by Crippen LogP contribution is 2.06. The van der Waals surface area contributed by atoms with Crippen LogP contribution in [0.4, 0.5) is 0 Å². The molecule has 16 heavy (non-hydrogen) atoms. The third kappa shape index (κ3) is 8.49. The van der Waals surface area contributed by atoms with Crippen LogP contribution in [0.5, 0.6) is 0 Å². The number of rotatable bonds is 4. The minimum atomic E-state index is 0.287. The lowest BCUT2D eigenvalue weighted by atomic mass is 10.1. The molecule has 0 bridgehead atoms. The molecular weight excluding hydrogens is 196 g/mol. The van der Waals surface area contributed by atoms with Gasteiger partial charge in [-0.15, -0.1) is 0 Å². The molecule has 0 radical (unpaired) electrons. The van der Waals surface area contributed by atoms with Gasteiger partial charge in [-0.05, 0) is 30.4 Å². The van der Waals surface area contributed by atoms with E-state index in [1.54, 1.807) is 0 Å². The molecule has 1 heteroatoms. The highest BCUT2D eigenvalue weighted by atomic mass is 16.2. The number of aliphatic hydroxyl groups excluding tert-OH is 1. The fourth-order valence-corrected chi connectivity index (χ4v) is 1.22. The number of aliphatic hydroxyl groups is 1. The average Bonchev–Trinajstić information content (AvgIpc) is 2.41. The smallest absolute Gasteiger partial charge is 0.0434 e. The fraction of sp³-hybridized carbons (Fsp3) is 0.600. The van der Waals surface area contributed by atoms with Crippen LogP contribution in [0.3, 0.4) is 0 Å². The van der Waals surface area contributed by atoms with Crippen LogP contribution in [0.25, 0.3) is 0 Å². The van der Waals surface area contributed by atoms with Crippen LogP contribution in [0.2, 0.25) is 0 Å². The predicted molar refractivity (Wildman–Crippen MR) is 73.9 cm³/mol. The number of hydrogen-bond donors (Lipinski definition) is 1. The summed E-state index contributed by atoms with van der Waals surface area (Å²) in [6.45, 7) is 10.4. The van der Waals surface area contributed by atoms with E-state index < -0.39 is 0 Å². The van der Waals surface area contributed by atoms with E-state index in [1.165, 1.54) is 11.1 Å². The Labute approximate surface area is 102 Å². The largest absolute Gasteiger partial charge is 0.396 e. The van der Waals surface area contributed by atoms with E-state index in [1.807, 2.05) is 27.7 Å². The summed E-state index contributed by atoms with van der Waals surface area (Å²) in [6.07, 6.45) is 2.95. The molecule has 0 saturated heterocycles. The zero-order chi connectivity index (χ0) is 12.8. The molecule has 0 aromatic heterocycles. The van der Waals surface area contributed by atoms with Gasteiger partial charge in [-0.3, -0.25) is 0 Å². The van der Waals surface area contributed by atoms with E-state index in [0.717, 1.165) is 19.3 Å². The first-order valence-electron chi connectivity index (χ1n) is 6.55. The second kappa shape index (κ2) is 14.2.